The zero-order valence-electron chi connectivity index (χ0n) is 9.55. The van der Waals surface area contributed by atoms with E-state index < -0.39 is 0 Å². The molecule has 0 bridgehead atoms. The first-order valence-electron chi connectivity index (χ1n) is 5.52. The highest BCUT2D eigenvalue weighted by atomic mass is 35.5. The van der Waals surface area contributed by atoms with Gasteiger partial charge in [0.2, 0.25) is 0 Å². The average Bonchev–Trinajstić information content (AvgIpc) is 2.86. The van der Waals surface area contributed by atoms with Crippen molar-refractivity contribution >= 4 is 46.1 Å². The maximum absolute atomic E-state index is 6.12. The first-order valence-corrected chi connectivity index (χ1v) is 7.60. The number of thiophene rings is 1. The normalized spacial score (nSPS) is 10.8. The molecule has 1 N–H and O–H groups in total. The van der Waals surface area contributed by atoms with Crippen molar-refractivity contribution in [1.82, 2.24) is 5.32 Å². The summed E-state index contributed by atoms with van der Waals surface area (Å²) in [5.41, 5.74) is 2.20. The van der Waals surface area contributed by atoms with E-state index in [2.05, 4.69) is 22.1 Å². The monoisotopic (exact) mass is 319 g/mol. The Kier molecular flexibility index (Phi) is 5.34. The predicted molar refractivity (Wildman–Crippen MR) is 81.2 cm³/mol. The van der Waals surface area contributed by atoms with Crippen LogP contribution in [-0.2, 0) is 13.0 Å². The van der Waals surface area contributed by atoms with E-state index in [1.807, 2.05) is 0 Å². The molecule has 1 heterocycles. The summed E-state index contributed by atoms with van der Waals surface area (Å²) in [4.78, 5) is 0. The molecule has 0 aliphatic rings. The molecular weight excluding hydrogens is 309 g/mol. The van der Waals surface area contributed by atoms with Crippen LogP contribution in [0.15, 0.2) is 29.0 Å². The van der Waals surface area contributed by atoms with E-state index in [9.17, 15) is 0 Å². The van der Waals surface area contributed by atoms with Crippen LogP contribution < -0.4 is 5.32 Å². The lowest BCUT2D eigenvalue weighted by atomic mass is 10.2. The Morgan fingerprint density at radius 2 is 1.83 bits per heavy atom. The van der Waals surface area contributed by atoms with E-state index in [1.54, 1.807) is 23.5 Å². The third kappa shape index (κ3) is 3.62. The number of hydrogen-bond donors (Lipinski definition) is 1. The average molecular weight is 321 g/mol. The molecular formula is C13H12Cl3NS. The molecule has 1 aromatic heterocycles. The standard InChI is InChI=1S/C13H12Cl3NS/c14-11-1-2-12(15)13(16)10(11)7-17-5-3-9-4-6-18-8-9/h1-2,4,6,8,17H,3,5,7H2. The van der Waals surface area contributed by atoms with E-state index in [0.29, 0.717) is 21.6 Å². The van der Waals surface area contributed by atoms with E-state index >= 15 is 0 Å². The largest absolute Gasteiger partial charge is 0.312 e. The molecule has 0 spiro atoms. The summed E-state index contributed by atoms with van der Waals surface area (Å²) in [5, 5.41) is 9.28. The Morgan fingerprint density at radius 1 is 1.06 bits per heavy atom. The smallest absolute Gasteiger partial charge is 0.0652 e. The van der Waals surface area contributed by atoms with Crippen LogP contribution in [0.25, 0.3) is 0 Å². The van der Waals surface area contributed by atoms with Crippen molar-refractivity contribution in [3.05, 3.63) is 55.2 Å². The van der Waals surface area contributed by atoms with Crippen LogP contribution in [0.4, 0.5) is 0 Å². The third-order valence-electron chi connectivity index (χ3n) is 2.61. The number of halogens is 3. The summed E-state index contributed by atoms with van der Waals surface area (Å²) in [6.45, 7) is 1.51. The minimum atomic E-state index is 0.534. The molecule has 18 heavy (non-hydrogen) atoms. The molecule has 0 amide bonds. The molecule has 1 aromatic carbocycles. The molecule has 0 saturated carbocycles. The van der Waals surface area contributed by atoms with Gasteiger partial charge in [-0.2, -0.15) is 11.3 Å². The predicted octanol–water partition coefficient (Wildman–Crippen LogP) is 5.04. The number of benzene rings is 1. The Morgan fingerprint density at radius 3 is 2.56 bits per heavy atom. The molecule has 0 atom stereocenters. The summed E-state index contributed by atoms with van der Waals surface area (Å²) in [6, 6.07) is 5.61. The summed E-state index contributed by atoms with van der Waals surface area (Å²) in [7, 11) is 0. The van der Waals surface area contributed by atoms with Crippen LogP contribution in [0.1, 0.15) is 11.1 Å². The molecule has 2 rings (SSSR count). The molecule has 96 valence electrons. The minimum Gasteiger partial charge on any atom is -0.312 e. The van der Waals surface area contributed by atoms with Gasteiger partial charge in [-0.1, -0.05) is 34.8 Å². The second kappa shape index (κ2) is 6.78. The Bertz CT molecular complexity index is 511. The fourth-order valence-electron chi connectivity index (χ4n) is 1.61. The van der Waals surface area contributed by atoms with Crippen molar-refractivity contribution in [2.24, 2.45) is 0 Å². The molecule has 5 heteroatoms. The van der Waals surface area contributed by atoms with E-state index in [-0.39, 0.29) is 0 Å². The Hall–Kier alpha value is -0.250. The lowest BCUT2D eigenvalue weighted by Crippen LogP contribution is -2.17. The van der Waals surface area contributed by atoms with Crippen LogP contribution in [0.5, 0.6) is 0 Å². The molecule has 0 aliphatic carbocycles. The molecule has 0 aliphatic heterocycles. The minimum absolute atomic E-state index is 0.534. The molecule has 0 saturated heterocycles. The van der Waals surface area contributed by atoms with Crippen molar-refractivity contribution in [2.75, 3.05) is 6.54 Å². The van der Waals surface area contributed by atoms with Gasteiger partial charge in [0.25, 0.3) is 0 Å². The van der Waals surface area contributed by atoms with Crippen molar-refractivity contribution in [3.63, 3.8) is 0 Å². The summed E-state index contributed by atoms with van der Waals surface area (Å²) in [5.74, 6) is 0. The lowest BCUT2D eigenvalue weighted by molar-refractivity contribution is 0.688. The highest BCUT2D eigenvalue weighted by Crippen LogP contribution is 2.31. The summed E-state index contributed by atoms with van der Waals surface area (Å²) >= 11 is 19.9. The van der Waals surface area contributed by atoms with Crippen LogP contribution in [0.3, 0.4) is 0 Å². The highest BCUT2D eigenvalue weighted by Gasteiger charge is 2.08. The van der Waals surface area contributed by atoms with Gasteiger partial charge in [0.15, 0.2) is 0 Å². The highest BCUT2D eigenvalue weighted by molar-refractivity contribution is 7.07. The molecule has 2 aromatic rings. The van der Waals surface area contributed by atoms with Crippen LogP contribution in [0, 0.1) is 0 Å². The van der Waals surface area contributed by atoms with Crippen molar-refractivity contribution < 1.29 is 0 Å². The van der Waals surface area contributed by atoms with Crippen LogP contribution in [-0.4, -0.2) is 6.54 Å². The Labute approximate surface area is 126 Å². The Balaban J connectivity index is 1.88. The van der Waals surface area contributed by atoms with Crippen molar-refractivity contribution in [2.45, 2.75) is 13.0 Å². The van der Waals surface area contributed by atoms with Gasteiger partial charge in [-0.15, -0.1) is 0 Å². The molecule has 0 radical (unpaired) electrons. The summed E-state index contributed by atoms with van der Waals surface area (Å²) < 4.78 is 0. The first-order chi connectivity index (χ1) is 8.68. The molecule has 0 unspecified atom stereocenters. The van der Waals surface area contributed by atoms with Gasteiger partial charge in [0.05, 0.1) is 10.0 Å². The maximum atomic E-state index is 6.12. The van der Waals surface area contributed by atoms with Gasteiger partial charge >= 0.3 is 0 Å². The second-order valence-electron chi connectivity index (χ2n) is 3.88. The first kappa shape index (κ1) is 14.2. The topological polar surface area (TPSA) is 12.0 Å². The third-order valence-corrected chi connectivity index (χ3v) is 4.54. The lowest BCUT2D eigenvalue weighted by Gasteiger charge is -2.09. The van der Waals surface area contributed by atoms with Gasteiger partial charge < -0.3 is 5.32 Å². The fraction of sp³-hybridized carbons (Fsp3) is 0.231. The SMILES string of the molecule is Clc1ccc(Cl)c(CNCCc2ccsc2)c1Cl. The maximum Gasteiger partial charge on any atom is 0.0652 e. The van der Waals surface area contributed by atoms with E-state index in [0.717, 1.165) is 18.5 Å². The summed E-state index contributed by atoms with van der Waals surface area (Å²) in [6.07, 6.45) is 0.999. The number of rotatable bonds is 5. The van der Waals surface area contributed by atoms with E-state index in [4.69, 9.17) is 34.8 Å². The quantitative estimate of drug-likeness (QED) is 0.601. The van der Waals surface area contributed by atoms with Crippen LogP contribution >= 0.6 is 46.1 Å². The number of nitrogens with one attached hydrogen (secondary N) is 1. The van der Waals surface area contributed by atoms with Gasteiger partial charge in [-0.3, -0.25) is 0 Å². The molecule has 1 nitrogen and oxygen atoms in total. The number of hydrogen-bond acceptors (Lipinski definition) is 2. The van der Waals surface area contributed by atoms with Crippen molar-refractivity contribution in [1.29, 1.82) is 0 Å². The van der Waals surface area contributed by atoms with Gasteiger partial charge in [0, 0.05) is 17.1 Å². The van der Waals surface area contributed by atoms with Gasteiger partial charge in [-0.05, 0) is 47.5 Å². The van der Waals surface area contributed by atoms with E-state index in [1.165, 1.54) is 5.56 Å². The zero-order valence-corrected chi connectivity index (χ0v) is 12.6. The van der Waals surface area contributed by atoms with Gasteiger partial charge in [-0.25, -0.2) is 0 Å². The zero-order chi connectivity index (χ0) is 13.0. The fourth-order valence-corrected chi connectivity index (χ4v) is 3.00. The van der Waals surface area contributed by atoms with Crippen molar-refractivity contribution in [3.8, 4) is 0 Å². The van der Waals surface area contributed by atoms with Crippen LogP contribution in [0.2, 0.25) is 15.1 Å². The van der Waals surface area contributed by atoms with Gasteiger partial charge in [0.1, 0.15) is 0 Å². The second-order valence-corrected chi connectivity index (χ2v) is 5.85. The molecule has 0 fully saturated rings.